The topological polar surface area (TPSA) is 26.0 Å². The molecule has 2 aromatic heterocycles. The maximum absolute atomic E-state index is 6.46. The van der Waals surface area contributed by atoms with E-state index in [1.165, 1.54) is 54.9 Å². The van der Waals surface area contributed by atoms with Crippen molar-refractivity contribution in [2.45, 2.75) is 40.0 Å². The van der Waals surface area contributed by atoms with Gasteiger partial charge in [0, 0.05) is 33.3 Å². The van der Waals surface area contributed by atoms with Crippen molar-refractivity contribution in [1.82, 2.24) is 4.98 Å². The molecule has 142 valence electrons. The zero-order valence-corrected chi connectivity index (χ0v) is 17.5. The second-order valence-electron chi connectivity index (χ2n) is 9.07. The van der Waals surface area contributed by atoms with Gasteiger partial charge in [-0.15, -0.1) is 0 Å². The third-order valence-corrected chi connectivity index (χ3v) is 6.76. The lowest BCUT2D eigenvalue weighted by Crippen LogP contribution is -2.20. The van der Waals surface area contributed by atoms with Gasteiger partial charge in [-0.3, -0.25) is 4.98 Å². The fraction of sp³-hybridized carbons (Fsp3) is 0.222. The van der Waals surface area contributed by atoms with Gasteiger partial charge in [-0.2, -0.15) is 0 Å². The number of pyridine rings is 1. The molecule has 0 N–H and O–H groups in total. The van der Waals surface area contributed by atoms with Crippen LogP contribution in [0.5, 0.6) is 0 Å². The van der Waals surface area contributed by atoms with Crippen LogP contribution >= 0.6 is 0 Å². The SMILES string of the molecule is Cc1ccc2cnc3c(c2c1)C(C)(C)c1ccc(C)c2oc4c(C)ccc-3c4c12. The Hall–Kier alpha value is -3.13. The van der Waals surface area contributed by atoms with E-state index < -0.39 is 0 Å². The maximum Gasteiger partial charge on any atom is 0.139 e. The molecule has 0 fully saturated rings. The van der Waals surface area contributed by atoms with E-state index in [0.717, 1.165) is 16.9 Å². The molecule has 0 aliphatic heterocycles. The summed E-state index contributed by atoms with van der Waals surface area (Å²) in [5.41, 5.74) is 10.3. The lowest BCUT2D eigenvalue weighted by atomic mass is 9.74. The number of rotatable bonds is 0. The van der Waals surface area contributed by atoms with Crippen molar-refractivity contribution in [2.75, 3.05) is 0 Å². The van der Waals surface area contributed by atoms with Gasteiger partial charge >= 0.3 is 0 Å². The summed E-state index contributed by atoms with van der Waals surface area (Å²) in [6.45, 7) is 11.1. The van der Waals surface area contributed by atoms with Crippen molar-refractivity contribution in [3.8, 4) is 11.3 Å². The number of furan rings is 1. The van der Waals surface area contributed by atoms with E-state index >= 15 is 0 Å². The predicted molar refractivity (Wildman–Crippen MR) is 121 cm³/mol. The Balaban J connectivity index is 1.95. The Morgan fingerprint density at radius 1 is 0.828 bits per heavy atom. The smallest absolute Gasteiger partial charge is 0.139 e. The van der Waals surface area contributed by atoms with Gasteiger partial charge in [-0.25, -0.2) is 0 Å². The highest BCUT2D eigenvalue weighted by Crippen LogP contribution is 2.51. The monoisotopic (exact) mass is 377 g/mol. The van der Waals surface area contributed by atoms with Gasteiger partial charge in [-0.1, -0.05) is 61.9 Å². The molecule has 2 heteroatoms. The average Bonchev–Trinajstić information content (AvgIpc) is 3.06. The van der Waals surface area contributed by atoms with Gasteiger partial charge < -0.3 is 4.42 Å². The lowest BCUT2D eigenvalue weighted by Gasteiger charge is -2.29. The van der Waals surface area contributed by atoms with Gasteiger partial charge in [0.25, 0.3) is 0 Å². The lowest BCUT2D eigenvalue weighted by molar-refractivity contribution is 0.644. The highest BCUT2D eigenvalue weighted by atomic mass is 16.3. The Morgan fingerprint density at radius 3 is 2.34 bits per heavy atom. The zero-order chi connectivity index (χ0) is 20.1. The van der Waals surface area contributed by atoms with Crippen molar-refractivity contribution < 1.29 is 4.42 Å². The first-order chi connectivity index (χ1) is 13.9. The number of fused-ring (bicyclic) bond motifs is 4. The number of aromatic nitrogens is 1. The van der Waals surface area contributed by atoms with E-state index in [1.807, 2.05) is 6.20 Å². The van der Waals surface area contributed by atoms with Crippen LogP contribution in [0.4, 0.5) is 0 Å². The molecule has 0 bridgehead atoms. The van der Waals surface area contributed by atoms with Crippen LogP contribution < -0.4 is 0 Å². The largest absolute Gasteiger partial charge is 0.455 e. The van der Waals surface area contributed by atoms with Gasteiger partial charge in [0.1, 0.15) is 11.2 Å². The zero-order valence-electron chi connectivity index (χ0n) is 17.5. The van der Waals surface area contributed by atoms with Crippen molar-refractivity contribution in [3.05, 3.63) is 76.5 Å². The molecular formula is C27H23NO. The first-order valence-corrected chi connectivity index (χ1v) is 10.2. The quantitative estimate of drug-likeness (QED) is 0.282. The predicted octanol–water partition coefficient (Wildman–Crippen LogP) is 7.37. The minimum atomic E-state index is -0.203. The van der Waals surface area contributed by atoms with Gasteiger partial charge in [-0.05, 0) is 48.4 Å². The molecule has 2 heterocycles. The van der Waals surface area contributed by atoms with E-state index in [1.54, 1.807) is 0 Å². The highest BCUT2D eigenvalue weighted by molar-refractivity contribution is 6.17. The normalized spacial score (nSPS) is 14.7. The van der Waals surface area contributed by atoms with Gasteiger partial charge in [0.05, 0.1) is 5.69 Å². The van der Waals surface area contributed by atoms with Gasteiger partial charge in [0.15, 0.2) is 0 Å². The van der Waals surface area contributed by atoms with Crippen LogP contribution in [0.2, 0.25) is 0 Å². The first-order valence-electron chi connectivity index (χ1n) is 10.2. The molecule has 0 amide bonds. The minimum absolute atomic E-state index is 0.203. The minimum Gasteiger partial charge on any atom is -0.455 e. The van der Waals surface area contributed by atoms with Crippen molar-refractivity contribution in [1.29, 1.82) is 0 Å². The first kappa shape index (κ1) is 16.8. The van der Waals surface area contributed by atoms with Crippen molar-refractivity contribution >= 4 is 32.7 Å². The van der Waals surface area contributed by atoms with E-state index in [4.69, 9.17) is 9.40 Å². The van der Waals surface area contributed by atoms with E-state index in [0.29, 0.717) is 0 Å². The Bertz CT molecular complexity index is 1500. The summed E-state index contributed by atoms with van der Waals surface area (Å²) in [5, 5.41) is 4.96. The third-order valence-electron chi connectivity index (χ3n) is 6.76. The molecule has 5 aromatic rings. The number of nitrogens with zero attached hydrogens (tertiary/aromatic N) is 1. The fourth-order valence-corrected chi connectivity index (χ4v) is 5.25. The molecule has 1 aliphatic carbocycles. The second-order valence-corrected chi connectivity index (χ2v) is 9.07. The number of aryl methyl sites for hydroxylation is 3. The molecule has 0 saturated heterocycles. The van der Waals surface area contributed by atoms with E-state index in [9.17, 15) is 0 Å². The molecule has 0 unspecified atom stereocenters. The Morgan fingerprint density at radius 2 is 1.55 bits per heavy atom. The second kappa shape index (κ2) is 5.27. The summed E-state index contributed by atoms with van der Waals surface area (Å²) >= 11 is 0. The van der Waals surface area contributed by atoms with Crippen molar-refractivity contribution in [2.24, 2.45) is 0 Å². The van der Waals surface area contributed by atoms with Crippen LogP contribution in [0, 0.1) is 20.8 Å². The summed E-state index contributed by atoms with van der Waals surface area (Å²) in [7, 11) is 0. The number of hydrogen-bond acceptors (Lipinski definition) is 2. The third kappa shape index (κ3) is 1.99. The molecule has 2 nitrogen and oxygen atoms in total. The van der Waals surface area contributed by atoms with Crippen LogP contribution in [0.25, 0.3) is 44.0 Å². The van der Waals surface area contributed by atoms with Crippen LogP contribution in [0.15, 0.2) is 53.1 Å². The molecule has 6 rings (SSSR count). The summed E-state index contributed by atoms with van der Waals surface area (Å²) in [4.78, 5) is 5.02. The van der Waals surface area contributed by atoms with Crippen LogP contribution in [0.1, 0.15) is 41.7 Å². The molecule has 0 radical (unpaired) electrons. The molecule has 3 aromatic carbocycles. The molecule has 1 aliphatic rings. The molecular weight excluding hydrogens is 354 g/mol. The number of hydrogen-bond donors (Lipinski definition) is 0. The summed E-state index contributed by atoms with van der Waals surface area (Å²) in [6, 6.07) is 15.6. The van der Waals surface area contributed by atoms with Crippen LogP contribution in [-0.4, -0.2) is 4.98 Å². The summed E-state index contributed by atoms with van der Waals surface area (Å²) < 4.78 is 6.46. The van der Waals surface area contributed by atoms with Crippen molar-refractivity contribution in [3.63, 3.8) is 0 Å². The Labute approximate surface area is 170 Å². The molecule has 29 heavy (non-hydrogen) atoms. The van der Waals surface area contributed by atoms with Crippen LogP contribution in [0.3, 0.4) is 0 Å². The number of benzene rings is 3. The maximum atomic E-state index is 6.46. The fourth-order valence-electron chi connectivity index (χ4n) is 5.25. The highest BCUT2D eigenvalue weighted by Gasteiger charge is 2.36. The summed E-state index contributed by atoms with van der Waals surface area (Å²) in [5.74, 6) is 0. The van der Waals surface area contributed by atoms with Gasteiger partial charge in [0.2, 0.25) is 0 Å². The molecule has 0 atom stereocenters. The average molecular weight is 377 g/mol. The molecule has 0 spiro atoms. The standard InChI is InChI=1S/C27H23NO/c1-14-6-9-17-13-28-24-18-10-7-15(2)25-21(18)22-20(11-8-16(3)26(22)29-25)27(4,5)23(24)19(17)12-14/h6-13H,1-5H3. The van der Waals surface area contributed by atoms with E-state index in [-0.39, 0.29) is 5.41 Å². The van der Waals surface area contributed by atoms with Crippen LogP contribution in [-0.2, 0) is 5.41 Å². The van der Waals surface area contributed by atoms with E-state index in [2.05, 4.69) is 77.1 Å². The molecule has 0 saturated carbocycles. The Kier molecular flexibility index (Phi) is 3.05. The summed E-state index contributed by atoms with van der Waals surface area (Å²) in [6.07, 6.45) is 2.02.